The van der Waals surface area contributed by atoms with Crippen molar-refractivity contribution in [2.45, 2.75) is 19.4 Å². The predicted molar refractivity (Wildman–Crippen MR) is 61.2 cm³/mol. The van der Waals surface area contributed by atoms with E-state index in [9.17, 15) is 9.59 Å². The van der Waals surface area contributed by atoms with E-state index >= 15 is 0 Å². The van der Waals surface area contributed by atoms with Gasteiger partial charge in [-0.15, -0.1) is 0 Å². The van der Waals surface area contributed by atoms with Gasteiger partial charge in [-0.05, 0) is 13.8 Å². The third kappa shape index (κ3) is 1.10. The number of hydrogen-bond donors (Lipinski definition) is 0. The molecule has 4 nitrogen and oxygen atoms in total. The molecule has 0 saturated heterocycles. The van der Waals surface area contributed by atoms with E-state index in [-0.39, 0.29) is 11.6 Å². The number of oxime groups is 1. The van der Waals surface area contributed by atoms with Gasteiger partial charge in [-0.3, -0.25) is 9.59 Å². The Kier molecular flexibility index (Phi) is 1.82. The molecule has 3 rings (SSSR count). The van der Waals surface area contributed by atoms with Crippen molar-refractivity contribution in [1.82, 2.24) is 0 Å². The van der Waals surface area contributed by atoms with Crippen LogP contribution in [0.2, 0.25) is 0 Å². The predicted octanol–water partition coefficient (Wildman–Crippen LogP) is 1.85. The third-order valence-electron chi connectivity index (χ3n) is 3.50. The summed E-state index contributed by atoms with van der Waals surface area (Å²) >= 11 is 0. The van der Waals surface area contributed by atoms with Crippen molar-refractivity contribution in [1.29, 1.82) is 0 Å². The van der Waals surface area contributed by atoms with Gasteiger partial charge in [0.15, 0.2) is 5.78 Å². The summed E-state index contributed by atoms with van der Waals surface area (Å²) in [7, 11) is 0. The van der Waals surface area contributed by atoms with E-state index in [1.807, 2.05) is 0 Å². The molecule has 17 heavy (non-hydrogen) atoms. The minimum absolute atomic E-state index is 0.0820. The lowest BCUT2D eigenvalue weighted by Crippen LogP contribution is -2.51. The molecule has 0 radical (unpaired) electrons. The summed E-state index contributed by atoms with van der Waals surface area (Å²) < 4.78 is 0. The quantitative estimate of drug-likeness (QED) is 0.682. The Bertz CT molecular complexity index is 576. The maximum atomic E-state index is 12.4. The standard InChI is InChI=1S/C13H11NO3/c1-7-10-11(15)8-5-3-4-6-9(8)12(16)13(10,2)17-14-7/h3-6,10H,1-2H3. The van der Waals surface area contributed by atoms with Crippen molar-refractivity contribution in [2.24, 2.45) is 11.1 Å². The lowest BCUT2D eigenvalue weighted by molar-refractivity contribution is -0.0118. The second-order valence-corrected chi connectivity index (χ2v) is 4.60. The topological polar surface area (TPSA) is 55.7 Å². The van der Waals surface area contributed by atoms with E-state index in [4.69, 9.17) is 4.84 Å². The van der Waals surface area contributed by atoms with E-state index in [1.165, 1.54) is 0 Å². The number of benzene rings is 1. The van der Waals surface area contributed by atoms with E-state index < -0.39 is 11.5 Å². The zero-order valence-corrected chi connectivity index (χ0v) is 9.56. The molecule has 1 aliphatic heterocycles. The number of Topliss-reactive ketones (excluding diaryl/α,β-unsaturated/α-hetero) is 2. The van der Waals surface area contributed by atoms with E-state index in [0.717, 1.165) is 0 Å². The van der Waals surface area contributed by atoms with Crippen LogP contribution in [-0.4, -0.2) is 22.9 Å². The first-order valence-corrected chi connectivity index (χ1v) is 5.46. The van der Waals surface area contributed by atoms with Gasteiger partial charge in [0, 0.05) is 11.1 Å². The van der Waals surface area contributed by atoms with Crippen LogP contribution in [0, 0.1) is 5.92 Å². The first-order valence-electron chi connectivity index (χ1n) is 5.46. The van der Waals surface area contributed by atoms with Crippen LogP contribution in [0.1, 0.15) is 34.6 Å². The molecule has 0 N–H and O–H groups in total. The van der Waals surface area contributed by atoms with Crippen molar-refractivity contribution in [3.63, 3.8) is 0 Å². The molecule has 0 fully saturated rings. The Hall–Kier alpha value is -1.97. The first-order chi connectivity index (χ1) is 8.05. The Morgan fingerprint density at radius 2 is 1.88 bits per heavy atom. The van der Waals surface area contributed by atoms with E-state index in [1.54, 1.807) is 38.1 Å². The highest BCUT2D eigenvalue weighted by Gasteiger charge is 2.57. The Morgan fingerprint density at radius 3 is 2.59 bits per heavy atom. The molecule has 1 aliphatic carbocycles. The summed E-state index contributed by atoms with van der Waals surface area (Å²) in [6.45, 7) is 3.35. The Morgan fingerprint density at radius 1 is 1.24 bits per heavy atom. The molecular formula is C13H11NO3. The van der Waals surface area contributed by atoms with Crippen molar-refractivity contribution in [3.8, 4) is 0 Å². The number of fused-ring (bicyclic) bond motifs is 2. The lowest BCUT2D eigenvalue weighted by Gasteiger charge is -2.31. The van der Waals surface area contributed by atoms with Crippen molar-refractivity contribution < 1.29 is 14.4 Å². The monoisotopic (exact) mass is 229 g/mol. The van der Waals surface area contributed by atoms with Crippen LogP contribution < -0.4 is 0 Å². The fourth-order valence-electron chi connectivity index (χ4n) is 2.60. The average molecular weight is 229 g/mol. The number of nitrogens with zero attached hydrogens (tertiary/aromatic N) is 1. The summed E-state index contributed by atoms with van der Waals surface area (Å²) in [6.07, 6.45) is 0. The van der Waals surface area contributed by atoms with Gasteiger partial charge < -0.3 is 4.84 Å². The summed E-state index contributed by atoms with van der Waals surface area (Å²) in [5.41, 5.74) is 0.316. The zero-order chi connectivity index (χ0) is 12.2. The number of ketones is 2. The number of carbonyl (C=O) groups excluding carboxylic acids is 2. The van der Waals surface area contributed by atoms with Gasteiger partial charge in [0.25, 0.3) is 0 Å². The zero-order valence-electron chi connectivity index (χ0n) is 9.56. The van der Waals surface area contributed by atoms with Crippen LogP contribution in [0.25, 0.3) is 0 Å². The van der Waals surface area contributed by atoms with Crippen molar-refractivity contribution in [3.05, 3.63) is 35.4 Å². The number of rotatable bonds is 0. The van der Waals surface area contributed by atoms with Crippen LogP contribution >= 0.6 is 0 Å². The van der Waals surface area contributed by atoms with Crippen LogP contribution in [-0.2, 0) is 4.84 Å². The molecule has 1 aromatic rings. The number of hydrogen-bond acceptors (Lipinski definition) is 4. The lowest BCUT2D eigenvalue weighted by atomic mass is 9.70. The fraction of sp³-hybridized carbons (Fsp3) is 0.308. The van der Waals surface area contributed by atoms with Crippen LogP contribution in [0.3, 0.4) is 0 Å². The minimum atomic E-state index is -1.16. The molecular weight excluding hydrogens is 218 g/mol. The smallest absolute Gasteiger partial charge is 0.212 e. The SMILES string of the molecule is CC1=NOC2(C)C(=O)c3ccccc3C(=O)C12. The van der Waals surface area contributed by atoms with Crippen LogP contribution in [0.15, 0.2) is 29.4 Å². The molecule has 0 bridgehead atoms. The average Bonchev–Trinajstić information content (AvgIpc) is 2.64. The molecule has 0 aromatic heterocycles. The molecule has 4 heteroatoms. The third-order valence-corrected chi connectivity index (χ3v) is 3.50. The number of carbonyl (C=O) groups is 2. The second-order valence-electron chi connectivity index (χ2n) is 4.60. The fourth-order valence-corrected chi connectivity index (χ4v) is 2.60. The van der Waals surface area contributed by atoms with Crippen molar-refractivity contribution >= 4 is 17.3 Å². The maximum absolute atomic E-state index is 12.4. The maximum Gasteiger partial charge on any atom is 0.212 e. The normalized spacial score (nSPS) is 30.5. The minimum Gasteiger partial charge on any atom is -0.380 e. The largest absolute Gasteiger partial charge is 0.380 e. The highest BCUT2D eigenvalue weighted by Crippen LogP contribution is 2.40. The highest BCUT2D eigenvalue weighted by molar-refractivity contribution is 6.26. The van der Waals surface area contributed by atoms with Gasteiger partial charge in [0.2, 0.25) is 11.4 Å². The molecule has 1 heterocycles. The van der Waals surface area contributed by atoms with Crippen molar-refractivity contribution in [2.75, 3.05) is 0 Å². The summed E-state index contributed by atoms with van der Waals surface area (Å²) in [6, 6.07) is 6.85. The highest BCUT2D eigenvalue weighted by atomic mass is 16.7. The van der Waals surface area contributed by atoms with E-state index in [2.05, 4.69) is 5.16 Å². The van der Waals surface area contributed by atoms with Gasteiger partial charge in [-0.25, -0.2) is 0 Å². The van der Waals surface area contributed by atoms with E-state index in [0.29, 0.717) is 16.8 Å². The Balaban J connectivity index is 2.26. The summed E-state index contributed by atoms with van der Waals surface area (Å²) in [4.78, 5) is 29.9. The summed E-state index contributed by atoms with van der Waals surface area (Å²) in [5, 5.41) is 3.81. The molecule has 86 valence electrons. The van der Waals surface area contributed by atoms with Gasteiger partial charge in [0.05, 0.1) is 5.71 Å². The first kappa shape index (κ1) is 10.2. The van der Waals surface area contributed by atoms with Gasteiger partial charge in [-0.2, -0.15) is 0 Å². The molecule has 2 aliphatic rings. The van der Waals surface area contributed by atoms with Crippen LogP contribution in [0.4, 0.5) is 0 Å². The molecule has 2 atom stereocenters. The van der Waals surface area contributed by atoms with Gasteiger partial charge in [-0.1, -0.05) is 29.4 Å². The molecule has 1 aromatic carbocycles. The van der Waals surface area contributed by atoms with Crippen LogP contribution in [0.5, 0.6) is 0 Å². The second kappa shape index (κ2) is 3.03. The summed E-state index contributed by atoms with van der Waals surface area (Å²) in [5.74, 6) is -0.829. The van der Waals surface area contributed by atoms with Gasteiger partial charge >= 0.3 is 0 Å². The van der Waals surface area contributed by atoms with Gasteiger partial charge in [0.1, 0.15) is 5.92 Å². The molecule has 0 saturated carbocycles. The Labute approximate surface area is 98.3 Å². The molecule has 0 spiro atoms. The molecule has 0 amide bonds. The molecule has 2 unspecified atom stereocenters.